The zero-order valence-corrected chi connectivity index (χ0v) is 9.59. The third kappa shape index (κ3) is 2.15. The molecule has 2 aliphatic rings. The number of rotatable bonds is 0. The Morgan fingerprint density at radius 2 is 2.13 bits per heavy atom. The molecule has 0 saturated carbocycles. The summed E-state index contributed by atoms with van der Waals surface area (Å²) in [6.45, 7) is 8.18. The SMILES string of the molecule is CC(C)(C)OC(=O)N1CCC2=C1CNC2. The molecule has 0 atom stereocenters. The summed E-state index contributed by atoms with van der Waals surface area (Å²) in [5.74, 6) is 0. The van der Waals surface area contributed by atoms with Crippen molar-refractivity contribution in [2.45, 2.75) is 32.8 Å². The van der Waals surface area contributed by atoms with Crippen LogP contribution in [0.5, 0.6) is 0 Å². The Labute approximate surface area is 90.3 Å². The Morgan fingerprint density at radius 3 is 2.80 bits per heavy atom. The van der Waals surface area contributed by atoms with E-state index >= 15 is 0 Å². The molecule has 1 N–H and O–H groups in total. The van der Waals surface area contributed by atoms with E-state index in [4.69, 9.17) is 4.74 Å². The standard InChI is InChI=1S/C11H18N2O2/c1-11(2,3)15-10(14)13-5-4-8-6-12-7-9(8)13/h12H,4-7H2,1-3H3. The highest BCUT2D eigenvalue weighted by Crippen LogP contribution is 2.27. The van der Waals surface area contributed by atoms with E-state index in [1.807, 2.05) is 20.8 Å². The summed E-state index contributed by atoms with van der Waals surface area (Å²) in [7, 11) is 0. The van der Waals surface area contributed by atoms with Crippen molar-refractivity contribution in [3.05, 3.63) is 11.3 Å². The Morgan fingerprint density at radius 1 is 1.40 bits per heavy atom. The molecule has 4 heteroatoms. The van der Waals surface area contributed by atoms with Crippen LogP contribution in [0, 0.1) is 0 Å². The van der Waals surface area contributed by atoms with E-state index in [0.29, 0.717) is 0 Å². The molecule has 0 radical (unpaired) electrons. The molecule has 15 heavy (non-hydrogen) atoms. The van der Waals surface area contributed by atoms with Gasteiger partial charge in [-0.05, 0) is 32.8 Å². The second kappa shape index (κ2) is 3.52. The molecule has 0 aromatic rings. The van der Waals surface area contributed by atoms with Gasteiger partial charge in [0.25, 0.3) is 0 Å². The predicted octanol–water partition coefficient (Wildman–Crippen LogP) is 1.48. The van der Waals surface area contributed by atoms with Crippen LogP contribution in [0.2, 0.25) is 0 Å². The van der Waals surface area contributed by atoms with Gasteiger partial charge in [0, 0.05) is 25.3 Å². The van der Waals surface area contributed by atoms with E-state index in [-0.39, 0.29) is 6.09 Å². The Hall–Kier alpha value is -1.03. The number of nitrogens with zero attached hydrogens (tertiary/aromatic N) is 1. The molecule has 0 bridgehead atoms. The number of hydrogen-bond donors (Lipinski definition) is 1. The molecule has 1 amide bonds. The minimum atomic E-state index is -0.410. The van der Waals surface area contributed by atoms with Crippen LogP contribution in [0.25, 0.3) is 0 Å². The fraction of sp³-hybridized carbons (Fsp3) is 0.727. The Bertz CT molecular complexity index is 315. The molecular formula is C11H18N2O2. The molecule has 0 saturated heterocycles. The summed E-state index contributed by atoms with van der Waals surface area (Å²) in [4.78, 5) is 13.6. The number of nitrogens with one attached hydrogen (secondary N) is 1. The van der Waals surface area contributed by atoms with Crippen LogP contribution in [0.3, 0.4) is 0 Å². The minimum Gasteiger partial charge on any atom is -0.443 e. The first kappa shape index (κ1) is 10.5. The zero-order valence-electron chi connectivity index (χ0n) is 9.59. The lowest BCUT2D eigenvalue weighted by atomic mass is 10.2. The number of amides is 1. The van der Waals surface area contributed by atoms with Crippen molar-refractivity contribution in [1.82, 2.24) is 10.2 Å². The normalized spacial score (nSPS) is 20.9. The second-order valence-electron chi connectivity index (χ2n) is 5.04. The van der Waals surface area contributed by atoms with Gasteiger partial charge in [0.1, 0.15) is 5.60 Å². The van der Waals surface area contributed by atoms with Crippen molar-refractivity contribution in [1.29, 1.82) is 0 Å². The van der Waals surface area contributed by atoms with Crippen molar-refractivity contribution in [3.63, 3.8) is 0 Å². The number of ether oxygens (including phenoxy) is 1. The topological polar surface area (TPSA) is 41.6 Å². The summed E-state index contributed by atoms with van der Waals surface area (Å²) >= 11 is 0. The van der Waals surface area contributed by atoms with E-state index in [2.05, 4.69) is 5.32 Å². The first-order valence-corrected chi connectivity index (χ1v) is 5.39. The molecule has 0 spiro atoms. The molecule has 0 fully saturated rings. The van der Waals surface area contributed by atoms with Gasteiger partial charge < -0.3 is 10.1 Å². The van der Waals surface area contributed by atoms with E-state index in [1.165, 1.54) is 5.57 Å². The lowest BCUT2D eigenvalue weighted by Gasteiger charge is -2.25. The van der Waals surface area contributed by atoms with Crippen molar-refractivity contribution < 1.29 is 9.53 Å². The molecule has 0 aliphatic carbocycles. The third-order valence-corrected chi connectivity index (χ3v) is 2.62. The lowest BCUT2D eigenvalue weighted by Crippen LogP contribution is -2.36. The van der Waals surface area contributed by atoms with Gasteiger partial charge in [0.05, 0.1) is 0 Å². The van der Waals surface area contributed by atoms with Crippen LogP contribution in [0.4, 0.5) is 4.79 Å². The maximum absolute atomic E-state index is 11.8. The maximum atomic E-state index is 11.8. The van der Waals surface area contributed by atoms with Crippen molar-refractivity contribution >= 4 is 6.09 Å². The van der Waals surface area contributed by atoms with Gasteiger partial charge in [-0.2, -0.15) is 0 Å². The summed E-state index contributed by atoms with van der Waals surface area (Å²) < 4.78 is 5.35. The van der Waals surface area contributed by atoms with Crippen LogP contribution in [-0.4, -0.2) is 36.2 Å². The minimum absolute atomic E-state index is 0.212. The van der Waals surface area contributed by atoms with Gasteiger partial charge in [0.2, 0.25) is 0 Å². The van der Waals surface area contributed by atoms with Crippen LogP contribution < -0.4 is 5.32 Å². The highest BCUT2D eigenvalue weighted by molar-refractivity contribution is 5.72. The van der Waals surface area contributed by atoms with E-state index in [9.17, 15) is 4.79 Å². The maximum Gasteiger partial charge on any atom is 0.414 e. The summed E-state index contributed by atoms with van der Waals surface area (Å²) in [5, 5.41) is 3.25. The monoisotopic (exact) mass is 210 g/mol. The first-order chi connectivity index (χ1) is 6.97. The summed E-state index contributed by atoms with van der Waals surface area (Å²) in [6, 6.07) is 0. The van der Waals surface area contributed by atoms with Gasteiger partial charge in [-0.25, -0.2) is 4.79 Å². The smallest absolute Gasteiger partial charge is 0.414 e. The highest BCUT2D eigenvalue weighted by Gasteiger charge is 2.32. The molecule has 4 nitrogen and oxygen atoms in total. The largest absolute Gasteiger partial charge is 0.443 e. The van der Waals surface area contributed by atoms with Gasteiger partial charge in [-0.15, -0.1) is 0 Å². The third-order valence-electron chi connectivity index (χ3n) is 2.62. The predicted molar refractivity (Wildman–Crippen MR) is 57.5 cm³/mol. The summed E-state index contributed by atoms with van der Waals surface area (Å²) in [5.41, 5.74) is 2.08. The molecule has 2 rings (SSSR count). The van der Waals surface area contributed by atoms with Gasteiger partial charge in [0.15, 0.2) is 0 Å². The fourth-order valence-corrected chi connectivity index (χ4v) is 1.98. The highest BCUT2D eigenvalue weighted by atomic mass is 16.6. The van der Waals surface area contributed by atoms with Crippen molar-refractivity contribution in [3.8, 4) is 0 Å². The quantitative estimate of drug-likeness (QED) is 0.658. The fourth-order valence-electron chi connectivity index (χ4n) is 1.98. The molecule has 0 unspecified atom stereocenters. The van der Waals surface area contributed by atoms with Crippen LogP contribution in [-0.2, 0) is 4.74 Å². The average Bonchev–Trinajstić information content (AvgIpc) is 2.57. The van der Waals surface area contributed by atoms with Crippen LogP contribution in [0.15, 0.2) is 11.3 Å². The average molecular weight is 210 g/mol. The first-order valence-electron chi connectivity index (χ1n) is 5.39. The Balaban J connectivity index is 2.03. The zero-order chi connectivity index (χ0) is 11.1. The number of carbonyl (C=O) groups excluding carboxylic acids is 1. The van der Waals surface area contributed by atoms with Crippen LogP contribution >= 0.6 is 0 Å². The van der Waals surface area contributed by atoms with Gasteiger partial charge in [-0.3, -0.25) is 4.90 Å². The van der Waals surface area contributed by atoms with E-state index in [0.717, 1.165) is 31.8 Å². The van der Waals surface area contributed by atoms with Gasteiger partial charge in [-0.1, -0.05) is 0 Å². The Kier molecular flexibility index (Phi) is 2.46. The lowest BCUT2D eigenvalue weighted by molar-refractivity contribution is 0.0328. The second-order valence-corrected chi connectivity index (χ2v) is 5.04. The van der Waals surface area contributed by atoms with E-state index in [1.54, 1.807) is 4.90 Å². The summed E-state index contributed by atoms with van der Waals surface area (Å²) in [6.07, 6.45) is 0.776. The molecule has 0 aromatic heterocycles. The van der Waals surface area contributed by atoms with Crippen LogP contribution in [0.1, 0.15) is 27.2 Å². The molecule has 0 aromatic carbocycles. The molecule has 2 heterocycles. The van der Waals surface area contributed by atoms with E-state index < -0.39 is 5.60 Å². The molecule has 84 valence electrons. The molecular weight excluding hydrogens is 192 g/mol. The number of carbonyl (C=O) groups is 1. The van der Waals surface area contributed by atoms with Crippen molar-refractivity contribution in [2.75, 3.05) is 19.6 Å². The van der Waals surface area contributed by atoms with Crippen molar-refractivity contribution in [2.24, 2.45) is 0 Å². The molecule has 2 aliphatic heterocycles. The number of hydrogen-bond acceptors (Lipinski definition) is 3. The van der Waals surface area contributed by atoms with Gasteiger partial charge >= 0.3 is 6.09 Å².